The van der Waals surface area contributed by atoms with Gasteiger partial charge in [0, 0.05) is 31.2 Å². The summed E-state index contributed by atoms with van der Waals surface area (Å²) in [6, 6.07) is 2.69. The molecule has 0 spiro atoms. The van der Waals surface area contributed by atoms with Gasteiger partial charge in [0.1, 0.15) is 5.69 Å². The predicted molar refractivity (Wildman–Crippen MR) is 90.2 cm³/mol. The smallest absolute Gasteiger partial charge is 0.354 e. The Morgan fingerprint density at radius 3 is 2.52 bits per heavy atom. The van der Waals surface area contributed by atoms with Gasteiger partial charge in [-0.3, -0.25) is 9.59 Å². The highest BCUT2D eigenvalue weighted by atomic mass is 16.4. The number of rotatable bonds is 4. The third-order valence-electron chi connectivity index (χ3n) is 5.03. The first-order valence-electron chi connectivity index (χ1n) is 8.83. The lowest BCUT2D eigenvalue weighted by molar-refractivity contribution is -0.135. The van der Waals surface area contributed by atoms with Gasteiger partial charge >= 0.3 is 5.97 Å². The molecule has 1 atom stereocenters. The maximum atomic E-state index is 12.6. The van der Waals surface area contributed by atoms with E-state index in [0.717, 1.165) is 32.1 Å². The van der Waals surface area contributed by atoms with Crippen molar-refractivity contribution in [1.29, 1.82) is 0 Å². The van der Waals surface area contributed by atoms with Crippen LogP contribution in [-0.2, 0) is 4.79 Å². The van der Waals surface area contributed by atoms with Gasteiger partial charge in [0.25, 0.3) is 5.91 Å². The van der Waals surface area contributed by atoms with E-state index in [9.17, 15) is 14.4 Å². The number of carboxylic acids is 1. The minimum absolute atomic E-state index is 0.0702. The molecule has 7 heteroatoms. The summed E-state index contributed by atoms with van der Waals surface area (Å²) in [5, 5.41) is 11.7. The standard InChI is InChI=1S/C18H23N3O4/c22-16(13-6-7-15(18(24)25)19-10-13)20-14-8-9-21(11-14)17(23)12-4-2-1-3-5-12/h6-7,10,12,14H,1-5,8-9,11H2,(H,20,22)(H,24,25). The molecule has 7 nitrogen and oxygen atoms in total. The lowest BCUT2D eigenvalue weighted by Gasteiger charge is -2.26. The summed E-state index contributed by atoms with van der Waals surface area (Å²) in [7, 11) is 0. The van der Waals surface area contributed by atoms with Gasteiger partial charge in [-0.05, 0) is 31.4 Å². The molecule has 1 aromatic heterocycles. The van der Waals surface area contributed by atoms with E-state index in [1.807, 2.05) is 4.90 Å². The van der Waals surface area contributed by atoms with Gasteiger partial charge in [0.2, 0.25) is 5.91 Å². The Balaban J connectivity index is 1.52. The van der Waals surface area contributed by atoms with E-state index in [4.69, 9.17) is 5.11 Å². The molecule has 1 aliphatic carbocycles. The second-order valence-electron chi connectivity index (χ2n) is 6.82. The second-order valence-corrected chi connectivity index (χ2v) is 6.82. The van der Waals surface area contributed by atoms with E-state index < -0.39 is 5.97 Å². The first kappa shape index (κ1) is 17.4. The van der Waals surface area contributed by atoms with Crippen molar-refractivity contribution in [3.05, 3.63) is 29.6 Å². The molecule has 134 valence electrons. The van der Waals surface area contributed by atoms with Crippen LogP contribution in [0.2, 0.25) is 0 Å². The largest absolute Gasteiger partial charge is 0.477 e. The number of likely N-dealkylation sites (tertiary alicyclic amines) is 1. The molecule has 0 aromatic carbocycles. The van der Waals surface area contributed by atoms with Crippen LogP contribution in [0.25, 0.3) is 0 Å². The number of aromatic nitrogens is 1. The minimum atomic E-state index is -1.13. The zero-order valence-electron chi connectivity index (χ0n) is 14.1. The molecule has 2 amide bonds. The fourth-order valence-corrected chi connectivity index (χ4v) is 3.61. The van der Waals surface area contributed by atoms with Crippen LogP contribution < -0.4 is 5.32 Å². The molecule has 2 aliphatic rings. The van der Waals surface area contributed by atoms with Crippen LogP contribution in [0.5, 0.6) is 0 Å². The first-order chi connectivity index (χ1) is 12.0. The highest BCUT2D eigenvalue weighted by molar-refractivity contribution is 5.95. The molecule has 25 heavy (non-hydrogen) atoms. The zero-order valence-corrected chi connectivity index (χ0v) is 14.1. The number of nitrogens with one attached hydrogen (secondary N) is 1. The Morgan fingerprint density at radius 2 is 1.88 bits per heavy atom. The topological polar surface area (TPSA) is 99.6 Å². The van der Waals surface area contributed by atoms with Crippen molar-refractivity contribution in [2.24, 2.45) is 5.92 Å². The molecule has 1 unspecified atom stereocenters. The number of pyridine rings is 1. The molecule has 1 aliphatic heterocycles. The number of aromatic carboxylic acids is 1. The summed E-state index contributed by atoms with van der Waals surface area (Å²) in [6.07, 6.45) is 7.44. The Kier molecular flexibility index (Phi) is 5.31. The Morgan fingerprint density at radius 1 is 1.12 bits per heavy atom. The Bertz CT molecular complexity index is 653. The van der Waals surface area contributed by atoms with Crippen LogP contribution in [0.4, 0.5) is 0 Å². The summed E-state index contributed by atoms with van der Waals surface area (Å²) < 4.78 is 0. The van der Waals surface area contributed by atoms with Crippen molar-refractivity contribution < 1.29 is 19.5 Å². The van der Waals surface area contributed by atoms with Crippen molar-refractivity contribution in [2.45, 2.75) is 44.6 Å². The zero-order chi connectivity index (χ0) is 17.8. The number of amides is 2. The number of hydrogen-bond acceptors (Lipinski definition) is 4. The quantitative estimate of drug-likeness (QED) is 0.865. The van der Waals surface area contributed by atoms with Crippen LogP contribution in [-0.4, -0.2) is 51.9 Å². The SMILES string of the molecule is O=C(NC1CCN(C(=O)C2CCCCC2)C1)c1ccc(C(=O)O)nc1. The van der Waals surface area contributed by atoms with Crippen molar-refractivity contribution in [3.63, 3.8) is 0 Å². The number of carbonyl (C=O) groups is 3. The molecule has 0 radical (unpaired) electrons. The molecule has 2 fully saturated rings. The van der Waals surface area contributed by atoms with Crippen molar-refractivity contribution in [2.75, 3.05) is 13.1 Å². The fourth-order valence-electron chi connectivity index (χ4n) is 3.61. The fraction of sp³-hybridized carbons (Fsp3) is 0.556. The summed E-state index contributed by atoms with van der Waals surface area (Å²) >= 11 is 0. The number of nitrogens with zero attached hydrogens (tertiary/aromatic N) is 2. The highest BCUT2D eigenvalue weighted by Gasteiger charge is 2.32. The molecular weight excluding hydrogens is 322 g/mol. The van der Waals surface area contributed by atoms with Gasteiger partial charge in [0.15, 0.2) is 0 Å². The van der Waals surface area contributed by atoms with Gasteiger partial charge in [-0.2, -0.15) is 0 Å². The summed E-state index contributed by atoms with van der Waals surface area (Å²) in [6.45, 7) is 1.22. The third-order valence-corrected chi connectivity index (χ3v) is 5.03. The van der Waals surface area contributed by atoms with E-state index in [0.29, 0.717) is 18.7 Å². The van der Waals surface area contributed by atoms with Crippen molar-refractivity contribution in [3.8, 4) is 0 Å². The van der Waals surface area contributed by atoms with E-state index in [-0.39, 0.29) is 29.5 Å². The average Bonchev–Trinajstić information content (AvgIpc) is 3.10. The molecule has 1 aromatic rings. The van der Waals surface area contributed by atoms with Crippen LogP contribution in [0.1, 0.15) is 59.4 Å². The maximum absolute atomic E-state index is 12.6. The predicted octanol–water partition coefficient (Wildman–Crippen LogP) is 1.69. The van der Waals surface area contributed by atoms with Crippen LogP contribution in [0.15, 0.2) is 18.3 Å². The molecule has 2 heterocycles. The van der Waals surface area contributed by atoms with Gasteiger partial charge < -0.3 is 15.3 Å². The first-order valence-corrected chi connectivity index (χ1v) is 8.83. The van der Waals surface area contributed by atoms with Crippen LogP contribution in [0, 0.1) is 5.92 Å². The number of carboxylic acid groups (broad SMARTS) is 1. The van der Waals surface area contributed by atoms with E-state index in [1.54, 1.807) is 0 Å². The average molecular weight is 345 g/mol. The van der Waals surface area contributed by atoms with E-state index in [1.165, 1.54) is 24.8 Å². The lowest BCUT2D eigenvalue weighted by atomic mass is 9.88. The van der Waals surface area contributed by atoms with Crippen molar-refractivity contribution >= 4 is 17.8 Å². The normalized spacial score (nSPS) is 21.1. The van der Waals surface area contributed by atoms with Gasteiger partial charge in [-0.25, -0.2) is 9.78 Å². The molecule has 1 saturated heterocycles. The molecule has 1 saturated carbocycles. The molecular formula is C18H23N3O4. The Labute approximate surface area is 146 Å². The summed E-state index contributed by atoms with van der Waals surface area (Å²) in [5.41, 5.74) is 0.226. The third kappa shape index (κ3) is 4.15. The van der Waals surface area contributed by atoms with Gasteiger partial charge in [0.05, 0.1) is 5.56 Å². The minimum Gasteiger partial charge on any atom is -0.477 e. The van der Waals surface area contributed by atoms with Crippen LogP contribution in [0.3, 0.4) is 0 Å². The van der Waals surface area contributed by atoms with Crippen molar-refractivity contribution in [1.82, 2.24) is 15.2 Å². The van der Waals surface area contributed by atoms with E-state index >= 15 is 0 Å². The Hall–Kier alpha value is -2.44. The molecule has 3 rings (SSSR count). The maximum Gasteiger partial charge on any atom is 0.354 e. The molecule has 2 N–H and O–H groups in total. The monoisotopic (exact) mass is 345 g/mol. The lowest BCUT2D eigenvalue weighted by Crippen LogP contribution is -2.40. The summed E-state index contributed by atoms with van der Waals surface area (Å²) in [5.74, 6) is -1.04. The highest BCUT2D eigenvalue weighted by Crippen LogP contribution is 2.26. The molecule has 0 bridgehead atoms. The number of carbonyl (C=O) groups excluding carboxylic acids is 2. The summed E-state index contributed by atoms with van der Waals surface area (Å²) in [4.78, 5) is 41.2. The second kappa shape index (κ2) is 7.63. The van der Waals surface area contributed by atoms with Crippen LogP contribution >= 0.6 is 0 Å². The van der Waals surface area contributed by atoms with Gasteiger partial charge in [-0.15, -0.1) is 0 Å². The van der Waals surface area contributed by atoms with Gasteiger partial charge in [-0.1, -0.05) is 19.3 Å². The van der Waals surface area contributed by atoms with E-state index in [2.05, 4.69) is 10.3 Å². The number of hydrogen-bond donors (Lipinski definition) is 2.